The summed E-state index contributed by atoms with van der Waals surface area (Å²) in [4.78, 5) is 12.1. The fourth-order valence-corrected chi connectivity index (χ4v) is 4.47. The van der Waals surface area contributed by atoms with Crippen LogP contribution in [-0.4, -0.2) is 42.4 Å². The Morgan fingerprint density at radius 2 is 1.85 bits per heavy atom. The quantitative estimate of drug-likeness (QED) is 0.736. The van der Waals surface area contributed by atoms with Crippen LogP contribution >= 0.6 is 11.3 Å². The van der Waals surface area contributed by atoms with E-state index in [0.717, 1.165) is 46.4 Å². The van der Waals surface area contributed by atoms with Gasteiger partial charge in [0.25, 0.3) is 0 Å². The lowest BCUT2D eigenvalue weighted by Crippen LogP contribution is -2.34. The summed E-state index contributed by atoms with van der Waals surface area (Å²) in [6.07, 6.45) is 1.86. The summed E-state index contributed by atoms with van der Waals surface area (Å²) in [7, 11) is -2.60. The van der Waals surface area contributed by atoms with Gasteiger partial charge in [0, 0.05) is 13.0 Å². The number of carbonyl (C=O) groups is 1. The predicted molar refractivity (Wildman–Crippen MR) is 98.1 cm³/mol. The normalized spacial score (nSPS) is 11.9. The molecular formula is C16H21FN4O3S2. The topological polar surface area (TPSA) is 92.3 Å². The van der Waals surface area contributed by atoms with Gasteiger partial charge in [0.05, 0.1) is 11.4 Å². The Hall–Kier alpha value is -1.91. The Balaban J connectivity index is 2.02. The zero-order chi connectivity index (χ0) is 19.3. The molecule has 0 fully saturated rings. The smallest absolute Gasteiger partial charge is 0.243 e. The number of amides is 1. The first-order chi connectivity index (χ1) is 12.3. The minimum Gasteiger partial charge on any atom is -0.299 e. The van der Waals surface area contributed by atoms with Gasteiger partial charge in [-0.3, -0.25) is 10.1 Å². The fourth-order valence-electron chi connectivity index (χ4n) is 2.32. The summed E-state index contributed by atoms with van der Waals surface area (Å²) in [5, 5.41) is 11.8. The number of rotatable bonds is 8. The van der Waals surface area contributed by atoms with E-state index in [1.165, 1.54) is 18.4 Å². The maximum atomic E-state index is 13.0. The molecule has 0 radical (unpaired) electrons. The summed E-state index contributed by atoms with van der Waals surface area (Å²) >= 11 is 1.29. The van der Waals surface area contributed by atoms with E-state index in [9.17, 15) is 17.6 Å². The molecule has 0 aliphatic heterocycles. The van der Waals surface area contributed by atoms with E-state index in [0.29, 0.717) is 11.0 Å². The highest BCUT2D eigenvalue weighted by atomic mass is 32.2. The van der Waals surface area contributed by atoms with Gasteiger partial charge in [0.2, 0.25) is 21.1 Å². The lowest BCUT2D eigenvalue weighted by Gasteiger charge is -2.16. The van der Waals surface area contributed by atoms with Crippen molar-refractivity contribution in [1.29, 1.82) is 0 Å². The first kappa shape index (κ1) is 20.4. The van der Waals surface area contributed by atoms with Crippen LogP contribution in [0.5, 0.6) is 0 Å². The number of hydrogen-bond acceptors (Lipinski definition) is 6. The molecule has 0 aliphatic rings. The van der Waals surface area contributed by atoms with E-state index in [4.69, 9.17) is 0 Å². The van der Waals surface area contributed by atoms with E-state index in [1.807, 2.05) is 0 Å². The van der Waals surface area contributed by atoms with Crippen LogP contribution in [0.4, 0.5) is 9.52 Å². The van der Waals surface area contributed by atoms with Gasteiger partial charge in [-0.15, -0.1) is 10.2 Å². The molecule has 10 heteroatoms. The van der Waals surface area contributed by atoms with Gasteiger partial charge in [-0.05, 0) is 37.1 Å². The Labute approximate surface area is 156 Å². The second-order valence-electron chi connectivity index (χ2n) is 5.72. The maximum absolute atomic E-state index is 13.0. The number of halogens is 1. The van der Waals surface area contributed by atoms with Crippen molar-refractivity contribution in [1.82, 2.24) is 14.5 Å². The van der Waals surface area contributed by atoms with Crippen LogP contribution in [0.3, 0.4) is 0 Å². The minimum atomic E-state index is -3.89. The fraction of sp³-hybridized carbons (Fsp3) is 0.438. The number of nitrogens with zero attached hydrogens (tertiary/aromatic N) is 3. The highest BCUT2D eigenvalue weighted by Crippen LogP contribution is 2.28. The van der Waals surface area contributed by atoms with Crippen LogP contribution in [-0.2, 0) is 14.8 Å². The monoisotopic (exact) mass is 400 g/mol. The lowest BCUT2D eigenvalue weighted by atomic mass is 10.1. The van der Waals surface area contributed by atoms with Crippen LogP contribution in [0.2, 0.25) is 0 Å². The van der Waals surface area contributed by atoms with Crippen molar-refractivity contribution in [2.24, 2.45) is 0 Å². The average Bonchev–Trinajstić information content (AvgIpc) is 3.04. The third-order valence-corrected chi connectivity index (χ3v) is 6.73. The minimum absolute atomic E-state index is 0.0823. The Morgan fingerprint density at radius 1 is 1.23 bits per heavy atom. The molecule has 0 saturated heterocycles. The van der Waals surface area contributed by atoms with Crippen molar-refractivity contribution in [2.45, 2.75) is 37.5 Å². The van der Waals surface area contributed by atoms with Gasteiger partial charge in [-0.1, -0.05) is 25.2 Å². The van der Waals surface area contributed by atoms with E-state index in [1.54, 1.807) is 0 Å². The molecule has 0 bridgehead atoms. The van der Waals surface area contributed by atoms with Gasteiger partial charge in [-0.25, -0.2) is 12.8 Å². The first-order valence-corrected chi connectivity index (χ1v) is 10.4. The SMILES string of the molecule is CCC(CC)c1nnc(NC(=O)CN(C)S(=O)(=O)c2ccc(F)cc2)s1. The van der Waals surface area contributed by atoms with Crippen molar-refractivity contribution >= 4 is 32.4 Å². The van der Waals surface area contributed by atoms with Gasteiger partial charge in [0.1, 0.15) is 10.8 Å². The molecule has 1 amide bonds. The second kappa shape index (κ2) is 8.65. The predicted octanol–water partition coefficient (Wildman–Crippen LogP) is 2.84. The Bertz CT molecular complexity index is 849. The average molecular weight is 401 g/mol. The largest absolute Gasteiger partial charge is 0.299 e. The van der Waals surface area contributed by atoms with Crippen LogP contribution in [0, 0.1) is 5.82 Å². The van der Waals surface area contributed by atoms with E-state index in [2.05, 4.69) is 29.4 Å². The summed E-state index contributed by atoms with van der Waals surface area (Å²) in [6, 6.07) is 4.43. The molecule has 0 saturated carbocycles. The van der Waals surface area contributed by atoms with Crippen molar-refractivity contribution < 1.29 is 17.6 Å². The molecule has 0 unspecified atom stereocenters. The highest BCUT2D eigenvalue weighted by Gasteiger charge is 2.23. The zero-order valence-electron chi connectivity index (χ0n) is 14.8. The molecule has 2 rings (SSSR count). The molecule has 1 aromatic carbocycles. The molecule has 26 heavy (non-hydrogen) atoms. The number of anilines is 1. The van der Waals surface area contributed by atoms with Crippen LogP contribution in [0.25, 0.3) is 0 Å². The third-order valence-electron chi connectivity index (χ3n) is 3.91. The van der Waals surface area contributed by atoms with Gasteiger partial charge in [0.15, 0.2) is 0 Å². The van der Waals surface area contributed by atoms with Crippen LogP contribution < -0.4 is 5.32 Å². The molecular weight excluding hydrogens is 379 g/mol. The molecule has 0 spiro atoms. The summed E-state index contributed by atoms with van der Waals surface area (Å²) in [5.41, 5.74) is 0. The zero-order valence-corrected chi connectivity index (χ0v) is 16.4. The van der Waals surface area contributed by atoms with Crippen molar-refractivity contribution in [3.8, 4) is 0 Å². The van der Waals surface area contributed by atoms with E-state index >= 15 is 0 Å². The number of nitrogens with one attached hydrogen (secondary N) is 1. The lowest BCUT2D eigenvalue weighted by molar-refractivity contribution is -0.116. The standard InChI is InChI=1S/C16H21FN4O3S2/c1-4-11(5-2)15-19-20-16(25-15)18-14(22)10-21(3)26(23,24)13-8-6-12(17)7-9-13/h6-9,11H,4-5,10H2,1-3H3,(H,18,20,22). The van der Waals surface area contributed by atoms with Crippen LogP contribution in [0.15, 0.2) is 29.2 Å². The molecule has 1 heterocycles. The van der Waals surface area contributed by atoms with Crippen molar-refractivity contribution in [2.75, 3.05) is 18.9 Å². The maximum Gasteiger partial charge on any atom is 0.243 e. The third kappa shape index (κ3) is 4.83. The van der Waals surface area contributed by atoms with E-state index < -0.39 is 21.7 Å². The van der Waals surface area contributed by atoms with E-state index in [-0.39, 0.29) is 11.4 Å². The number of sulfonamides is 1. The number of carbonyl (C=O) groups excluding carboxylic acids is 1. The highest BCUT2D eigenvalue weighted by molar-refractivity contribution is 7.89. The van der Waals surface area contributed by atoms with Gasteiger partial charge >= 0.3 is 0 Å². The first-order valence-electron chi connectivity index (χ1n) is 8.13. The molecule has 1 N–H and O–H groups in total. The molecule has 0 aliphatic carbocycles. The number of benzene rings is 1. The number of aromatic nitrogens is 2. The molecule has 0 atom stereocenters. The second-order valence-corrected chi connectivity index (χ2v) is 8.78. The number of likely N-dealkylation sites (N-methyl/N-ethyl adjacent to an activating group) is 1. The molecule has 2 aromatic rings. The van der Waals surface area contributed by atoms with Crippen LogP contribution in [0.1, 0.15) is 37.6 Å². The molecule has 142 valence electrons. The summed E-state index contributed by atoms with van der Waals surface area (Å²) < 4.78 is 38.7. The summed E-state index contributed by atoms with van der Waals surface area (Å²) in [5.74, 6) is -0.765. The van der Waals surface area contributed by atoms with Crippen molar-refractivity contribution in [3.63, 3.8) is 0 Å². The Morgan fingerprint density at radius 3 is 2.42 bits per heavy atom. The molecule has 7 nitrogen and oxygen atoms in total. The Kier molecular flexibility index (Phi) is 6.79. The van der Waals surface area contributed by atoms with Gasteiger partial charge in [-0.2, -0.15) is 4.31 Å². The number of hydrogen-bond donors (Lipinski definition) is 1. The van der Waals surface area contributed by atoms with Crippen molar-refractivity contribution in [3.05, 3.63) is 35.1 Å². The summed E-state index contributed by atoms with van der Waals surface area (Å²) in [6.45, 7) is 3.73. The van der Waals surface area contributed by atoms with Gasteiger partial charge < -0.3 is 0 Å². The molecule has 1 aromatic heterocycles.